The largest absolute Gasteiger partial charge is 0.491 e. The first-order valence-electron chi connectivity index (χ1n) is 13.6. The molecule has 2 aliphatic rings. The van der Waals surface area contributed by atoms with E-state index in [0.29, 0.717) is 49.7 Å². The van der Waals surface area contributed by atoms with Crippen molar-refractivity contribution in [2.24, 2.45) is 0 Å². The Morgan fingerprint density at radius 2 is 1.72 bits per heavy atom. The van der Waals surface area contributed by atoms with E-state index in [1.807, 2.05) is 18.2 Å². The van der Waals surface area contributed by atoms with Crippen LogP contribution in [0.4, 0.5) is 5.69 Å². The number of carbonyl (C=O) groups is 2. The molecule has 1 saturated heterocycles. The molecule has 1 spiro atoms. The zero-order valence-corrected chi connectivity index (χ0v) is 24.3. The Balaban J connectivity index is 1.54. The highest BCUT2D eigenvalue weighted by atomic mass is 35.5. The Morgan fingerprint density at radius 1 is 0.953 bits per heavy atom. The van der Waals surface area contributed by atoms with E-state index in [1.54, 1.807) is 66.7 Å². The van der Waals surface area contributed by atoms with Crippen molar-refractivity contribution in [1.29, 1.82) is 0 Å². The van der Waals surface area contributed by atoms with E-state index < -0.39 is 17.4 Å². The molecule has 2 aliphatic heterocycles. The van der Waals surface area contributed by atoms with E-state index in [4.69, 9.17) is 44.2 Å². The van der Waals surface area contributed by atoms with Gasteiger partial charge in [-0.15, -0.1) is 6.42 Å². The minimum absolute atomic E-state index is 0.0483. The summed E-state index contributed by atoms with van der Waals surface area (Å²) >= 11 is 12.8. The van der Waals surface area contributed by atoms with Crippen LogP contribution in [0.1, 0.15) is 40.6 Å². The van der Waals surface area contributed by atoms with Crippen LogP contribution in [0.3, 0.4) is 0 Å². The molecule has 43 heavy (non-hydrogen) atoms. The molecule has 2 amide bonds. The van der Waals surface area contributed by atoms with Gasteiger partial charge in [0.1, 0.15) is 29.3 Å². The predicted octanol–water partition coefficient (Wildman–Crippen LogP) is 6.37. The Morgan fingerprint density at radius 3 is 2.47 bits per heavy atom. The summed E-state index contributed by atoms with van der Waals surface area (Å²) in [5.41, 5.74) is 1.80. The molecule has 4 aromatic rings. The summed E-state index contributed by atoms with van der Waals surface area (Å²) in [5.74, 6) is 3.03. The molecular formula is C34H26Cl2N2O5. The standard InChI is InChI=1S/C34H26Cl2N2O5/c1-2-20-6-13-30(43-25-10-8-24(9-11-25)42-15-14-39)26(16-20)32-34(27-12-7-23(36)18-29(27)37-33(34)41)28(19-31(40)38-32)21-4-3-5-22(35)17-21/h1,3-13,16-18,28,32,39H,14-15,19H2,(H,37,41)(H,38,40)/t28-,32+,34-/m0/s1. The zero-order valence-electron chi connectivity index (χ0n) is 22.8. The molecule has 6 rings (SSSR count). The minimum atomic E-state index is -1.30. The minimum Gasteiger partial charge on any atom is -0.491 e. The molecular weight excluding hydrogens is 587 g/mol. The van der Waals surface area contributed by atoms with E-state index >= 15 is 0 Å². The van der Waals surface area contributed by atoms with E-state index in [0.717, 1.165) is 5.56 Å². The van der Waals surface area contributed by atoms with Crippen molar-refractivity contribution in [2.75, 3.05) is 18.5 Å². The lowest BCUT2D eigenvalue weighted by atomic mass is 9.59. The second-order valence-corrected chi connectivity index (χ2v) is 11.2. The first-order chi connectivity index (χ1) is 20.8. The van der Waals surface area contributed by atoms with Gasteiger partial charge in [-0.25, -0.2) is 0 Å². The second-order valence-electron chi connectivity index (χ2n) is 10.4. The van der Waals surface area contributed by atoms with Gasteiger partial charge in [0.2, 0.25) is 11.8 Å². The first kappa shape index (κ1) is 28.6. The van der Waals surface area contributed by atoms with Gasteiger partial charge in [0.25, 0.3) is 0 Å². The van der Waals surface area contributed by atoms with Gasteiger partial charge in [-0.3, -0.25) is 9.59 Å². The van der Waals surface area contributed by atoms with Crippen LogP contribution in [-0.4, -0.2) is 30.1 Å². The molecule has 0 saturated carbocycles. The lowest BCUT2D eigenvalue weighted by Gasteiger charge is -2.46. The Bertz CT molecular complexity index is 1770. The lowest BCUT2D eigenvalue weighted by Crippen LogP contribution is -2.56. The van der Waals surface area contributed by atoms with E-state index in [2.05, 4.69) is 16.6 Å². The summed E-state index contributed by atoms with van der Waals surface area (Å²) in [6.45, 7) is 0.0704. The van der Waals surface area contributed by atoms with Crippen LogP contribution in [0.5, 0.6) is 17.2 Å². The summed E-state index contributed by atoms with van der Waals surface area (Å²) in [6.07, 6.45) is 5.87. The van der Waals surface area contributed by atoms with E-state index in [-0.39, 0.29) is 31.4 Å². The van der Waals surface area contributed by atoms with Crippen molar-refractivity contribution in [1.82, 2.24) is 5.32 Å². The van der Waals surface area contributed by atoms with Crippen molar-refractivity contribution in [3.05, 3.63) is 117 Å². The third-order valence-corrected chi connectivity index (χ3v) is 8.37. The molecule has 0 radical (unpaired) electrons. The number of hydrogen-bond acceptors (Lipinski definition) is 5. The summed E-state index contributed by atoms with van der Waals surface area (Å²) in [7, 11) is 0. The fraction of sp³-hybridized carbons (Fsp3) is 0.176. The molecule has 4 aromatic carbocycles. The van der Waals surface area contributed by atoms with Gasteiger partial charge < -0.3 is 25.2 Å². The number of terminal acetylenes is 1. The van der Waals surface area contributed by atoms with Gasteiger partial charge in [0, 0.05) is 39.2 Å². The predicted molar refractivity (Wildman–Crippen MR) is 165 cm³/mol. The van der Waals surface area contributed by atoms with E-state index in [9.17, 15) is 9.59 Å². The normalized spacial score (nSPS) is 20.6. The zero-order chi connectivity index (χ0) is 30.1. The number of halogens is 2. The van der Waals surface area contributed by atoms with Crippen LogP contribution in [-0.2, 0) is 15.0 Å². The number of aliphatic hydroxyl groups excluding tert-OH is 1. The maximum atomic E-state index is 14.4. The number of nitrogens with one attached hydrogen (secondary N) is 2. The van der Waals surface area contributed by atoms with E-state index in [1.165, 1.54) is 0 Å². The van der Waals surface area contributed by atoms with Crippen molar-refractivity contribution in [3.63, 3.8) is 0 Å². The third-order valence-electron chi connectivity index (χ3n) is 7.90. The highest BCUT2D eigenvalue weighted by Crippen LogP contribution is 2.58. The molecule has 3 N–H and O–H groups in total. The van der Waals surface area contributed by atoms with Crippen molar-refractivity contribution < 1.29 is 24.2 Å². The Labute approximate surface area is 258 Å². The molecule has 0 aliphatic carbocycles. The summed E-state index contributed by atoms with van der Waals surface area (Å²) in [6, 6.07) is 23.8. The number of carbonyl (C=O) groups excluding carboxylic acids is 2. The molecule has 0 aromatic heterocycles. The topological polar surface area (TPSA) is 96.9 Å². The highest BCUT2D eigenvalue weighted by Gasteiger charge is 2.61. The van der Waals surface area contributed by atoms with Gasteiger partial charge in [-0.1, -0.05) is 47.3 Å². The molecule has 0 unspecified atom stereocenters. The summed E-state index contributed by atoms with van der Waals surface area (Å²) in [4.78, 5) is 27.8. The number of ether oxygens (including phenoxy) is 2. The fourth-order valence-electron chi connectivity index (χ4n) is 6.12. The molecule has 3 atom stereocenters. The monoisotopic (exact) mass is 612 g/mol. The molecule has 216 valence electrons. The van der Waals surface area contributed by atoms with Gasteiger partial charge >= 0.3 is 0 Å². The third kappa shape index (κ3) is 5.19. The molecule has 9 heteroatoms. The molecule has 7 nitrogen and oxygen atoms in total. The van der Waals surface area contributed by atoms with Crippen LogP contribution >= 0.6 is 23.2 Å². The SMILES string of the molecule is C#Cc1ccc(Oc2ccc(OCCO)cc2)c([C@H]2NC(=O)C[C@@H](c3cccc(Cl)c3)[C@]23C(=O)Nc2cc(Cl)ccc23)c1. The quantitative estimate of drug-likeness (QED) is 0.211. The van der Waals surface area contributed by atoms with Crippen molar-refractivity contribution in [2.45, 2.75) is 23.8 Å². The maximum Gasteiger partial charge on any atom is 0.238 e. The summed E-state index contributed by atoms with van der Waals surface area (Å²) in [5, 5.41) is 16.2. The Kier molecular flexibility index (Phi) is 7.76. The number of amides is 2. The van der Waals surface area contributed by atoms with Crippen molar-refractivity contribution >= 4 is 40.7 Å². The molecule has 1 fully saturated rings. The molecule has 0 bridgehead atoms. The van der Waals surface area contributed by atoms with Crippen LogP contribution in [0.15, 0.2) is 84.9 Å². The average molecular weight is 613 g/mol. The number of fused-ring (bicyclic) bond motifs is 2. The number of aliphatic hydroxyl groups is 1. The molecule has 2 heterocycles. The smallest absolute Gasteiger partial charge is 0.238 e. The number of anilines is 1. The Hall–Kier alpha value is -4.48. The van der Waals surface area contributed by atoms with Gasteiger partial charge in [-0.05, 0) is 77.9 Å². The van der Waals surface area contributed by atoms with Gasteiger partial charge in [0.15, 0.2) is 0 Å². The summed E-state index contributed by atoms with van der Waals surface area (Å²) < 4.78 is 11.8. The second kappa shape index (κ2) is 11.7. The van der Waals surface area contributed by atoms with Crippen LogP contribution < -0.4 is 20.1 Å². The number of piperidine rings is 1. The first-order valence-corrected chi connectivity index (χ1v) is 14.4. The van der Waals surface area contributed by atoms with Crippen LogP contribution in [0, 0.1) is 12.3 Å². The van der Waals surface area contributed by atoms with Gasteiger partial charge in [0.05, 0.1) is 12.6 Å². The maximum absolute atomic E-state index is 14.4. The number of hydrogen-bond donors (Lipinski definition) is 3. The lowest BCUT2D eigenvalue weighted by molar-refractivity contribution is -0.131. The van der Waals surface area contributed by atoms with Crippen LogP contribution in [0.25, 0.3) is 0 Å². The van der Waals surface area contributed by atoms with Crippen LogP contribution in [0.2, 0.25) is 10.0 Å². The number of rotatable bonds is 7. The van der Waals surface area contributed by atoms with Crippen molar-refractivity contribution in [3.8, 4) is 29.6 Å². The average Bonchev–Trinajstić information content (AvgIpc) is 3.28. The fourth-order valence-corrected chi connectivity index (χ4v) is 6.49. The number of benzene rings is 4. The van der Waals surface area contributed by atoms with Gasteiger partial charge in [-0.2, -0.15) is 0 Å². The highest BCUT2D eigenvalue weighted by molar-refractivity contribution is 6.31.